The zero-order chi connectivity index (χ0) is 16.1. The number of hydrogen-bond donors (Lipinski definition) is 3. The first-order chi connectivity index (χ1) is 11.2. The maximum atomic E-state index is 12.8. The molecule has 6 heteroatoms. The van der Waals surface area contributed by atoms with Crippen LogP contribution >= 0.6 is 0 Å². The summed E-state index contributed by atoms with van der Waals surface area (Å²) in [4.78, 5) is 14.8. The third kappa shape index (κ3) is 4.64. The standard InChI is InChI=1S/C17H20FN3O2/c18-14-3-5-15(6-4-14)19-17(22)13-21-9-7-20(8-10-21)12-16-2-1-11-23-16/h1-6,11H,7-10,12-13H2,(H,19,22)/p+2. The Kier molecular flexibility index (Phi) is 5.05. The first-order valence-corrected chi connectivity index (χ1v) is 7.94. The normalized spacial score (nSPS) is 21.1. The molecular weight excluding hydrogens is 297 g/mol. The van der Waals surface area contributed by atoms with Gasteiger partial charge in [0.1, 0.15) is 38.5 Å². The molecule has 3 rings (SSSR count). The van der Waals surface area contributed by atoms with Crippen LogP contribution in [-0.2, 0) is 11.3 Å². The summed E-state index contributed by atoms with van der Waals surface area (Å²) in [6, 6.07) is 9.76. The molecule has 1 amide bonds. The van der Waals surface area contributed by atoms with E-state index in [0.717, 1.165) is 38.5 Å². The molecular formula is C17H22FN3O2+2. The quantitative estimate of drug-likeness (QED) is 0.685. The monoisotopic (exact) mass is 319 g/mol. The average Bonchev–Trinajstić information content (AvgIpc) is 3.04. The van der Waals surface area contributed by atoms with Crippen LogP contribution in [0.25, 0.3) is 0 Å². The van der Waals surface area contributed by atoms with Crippen molar-refractivity contribution in [1.82, 2.24) is 0 Å². The van der Waals surface area contributed by atoms with E-state index >= 15 is 0 Å². The van der Waals surface area contributed by atoms with Gasteiger partial charge in [-0.3, -0.25) is 4.79 Å². The number of furan rings is 1. The van der Waals surface area contributed by atoms with Gasteiger partial charge in [-0.1, -0.05) is 0 Å². The summed E-state index contributed by atoms with van der Waals surface area (Å²) in [6.07, 6.45) is 1.70. The minimum absolute atomic E-state index is 0.0268. The minimum atomic E-state index is -0.302. The number of anilines is 1. The number of carbonyl (C=O) groups excluding carboxylic acids is 1. The van der Waals surface area contributed by atoms with Crippen LogP contribution in [0.5, 0.6) is 0 Å². The summed E-state index contributed by atoms with van der Waals surface area (Å²) < 4.78 is 18.2. The average molecular weight is 319 g/mol. The molecule has 0 saturated carbocycles. The van der Waals surface area contributed by atoms with Crippen molar-refractivity contribution in [3.8, 4) is 0 Å². The molecule has 0 atom stereocenters. The number of amides is 1. The van der Waals surface area contributed by atoms with Gasteiger partial charge in [0.15, 0.2) is 12.3 Å². The van der Waals surface area contributed by atoms with Crippen molar-refractivity contribution in [2.45, 2.75) is 6.54 Å². The number of quaternary nitrogens is 2. The van der Waals surface area contributed by atoms with E-state index in [2.05, 4.69) is 5.32 Å². The Morgan fingerprint density at radius 1 is 1.09 bits per heavy atom. The van der Waals surface area contributed by atoms with Crippen molar-refractivity contribution in [2.24, 2.45) is 0 Å². The molecule has 0 spiro atoms. The Bertz CT molecular complexity index is 620. The van der Waals surface area contributed by atoms with Crippen molar-refractivity contribution in [1.29, 1.82) is 0 Å². The Balaban J connectivity index is 1.41. The van der Waals surface area contributed by atoms with E-state index in [9.17, 15) is 9.18 Å². The molecule has 0 aliphatic carbocycles. The van der Waals surface area contributed by atoms with E-state index in [0.29, 0.717) is 12.2 Å². The lowest BCUT2D eigenvalue weighted by Gasteiger charge is -2.28. The number of carbonyl (C=O) groups is 1. The van der Waals surface area contributed by atoms with Crippen LogP contribution in [0, 0.1) is 5.82 Å². The van der Waals surface area contributed by atoms with Crippen LogP contribution in [0.3, 0.4) is 0 Å². The van der Waals surface area contributed by atoms with E-state index in [1.54, 1.807) is 18.4 Å². The Labute approximate surface area is 134 Å². The van der Waals surface area contributed by atoms with Crippen LogP contribution in [0.2, 0.25) is 0 Å². The van der Waals surface area contributed by atoms with Crippen LogP contribution in [-0.4, -0.2) is 38.6 Å². The molecule has 1 saturated heterocycles. The number of rotatable bonds is 5. The molecule has 1 aromatic heterocycles. The summed E-state index contributed by atoms with van der Waals surface area (Å²) >= 11 is 0. The SMILES string of the molecule is O=C(C[NH+]1CC[NH+](Cc2ccco2)CC1)Nc1ccc(F)cc1. The first kappa shape index (κ1) is 15.7. The van der Waals surface area contributed by atoms with Gasteiger partial charge < -0.3 is 19.5 Å². The molecule has 0 radical (unpaired) electrons. The predicted octanol–water partition coefficient (Wildman–Crippen LogP) is -0.659. The second kappa shape index (κ2) is 7.39. The molecule has 0 bridgehead atoms. The maximum Gasteiger partial charge on any atom is 0.279 e. The van der Waals surface area contributed by atoms with Gasteiger partial charge in [0.2, 0.25) is 0 Å². The number of hydrogen-bond acceptors (Lipinski definition) is 2. The van der Waals surface area contributed by atoms with Gasteiger partial charge in [0.25, 0.3) is 5.91 Å². The smallest absolute Gasteiger partial charge is 0.279 e. The van der Waals surface area contributed by atoms with Gasteiger partial charge in [0.05, 0.1) is 6.26 Å². The summed E-state index contributed by atoms with van der Waals surface area (Å²) in [5.74, 6) is 0.683. The summed E-state index contributed by atoms with van der Waals surface area (Å²) in [5.41, 5.74) is 0.637. The van der Waals surface area contributed by atoms with Gasteiger partial charge in [-0.05, 0) is 36.4 Å². The highest BCUT2D eigenvalue weighted by atomic mass is 19.1. The lowest BCUT2D eigenvalue weighted by Crippen LogP contribution is -3.28. The molecule has 2 heterocycles. The number of benzene rings is 1. The Hall–Kier alpha value is -2.18. The Morgan fingerprint density at radius 3 is 2.43 bits per heavy atom. The van der Waals surface area contributed by atoms with Crippen molar-refractivity contribution in [2.75, 3.05) is 38.0 Å². The van der Waals surface area contributed by atoms with Crippen molar-refractivity contribution in [3.05, 3.63) is 54.2 Å². The lowest BCUT2D eigenvalue weighted by atomic mass is 10.2. The van der Waals surface area contributed by atoms with Gasteiger partial charge in [-0.2, -0.15) is 0 Å². The highest BCUT2D eigenvalue weighted by Crippen LogP contribution is 2.07. The fraction of sp³-hybridized carbons (Fsp3) is 0.353. The molecule has 1 aliphatic heterocycles. The van der Waals surface area contributed by atoms with Crippen LogP contribution in [0.15, 0.2) is 47.1 Å². The van der Waals surface area contributed by atoms with Crippen LogP contribution in [0.1, 0.15) is 5.76 Å². The molecule has 0 unspecified atom stereocenters. The molecule has 3 N–H and O–H groups in total. The molecule has 1 aromatic carbocycles. The van der Waals surface area contributed by atoms with Gasteiger partial charge in [0, 0.05) is 5.69 Å². The second-order valence-electron chi connectivity index (χ2n) is 5.99. The van der Waals surface area contributed by atoms with Gasteiger partial charge in [-0.25, -0.2) is 4.39 Å². The number of nitrogens with one attached hydrogen (secondary N) is 3. The van der Waals surface area contributed by atoms with Gasteiger partial charge >= 0.3 is 0 Å². The summed E-state index contributed by atoms with van der Waals surface area (Å²) in [7, 11) is 0. The van der Waals surface area contributed by atoms with Crippen molar-refractivity contribution < 1.29 is 23.4 Å². The Morgan fingerprint density at radius 2 is 1.78 bits per heavy atom. The number of halogens is 1. The number of piperazine rings is 1. The third-order valence-electron chi connectivity index (χ3n) is 4.21. The molecule has 23 heavy (non-hydrogen) atoms. The molecule has 2 aromatic rings. The fourth-order valence-electron chi connectivity index (χ4n) is 2.94. The van der Waals surface area contributed by atoms with E-state index in [4.69, 9.17) is 4.42 Å². The zero-order valence-electron chi connectivity index (χ0n) is 13.0. The largest absolute Gasteiger partial charge is 0.463 e. The second-order valence-corrected chi connectivity index (χ2v) is 5.99. The minimum Gasteiger partial charge on any atom is -0.463 e. The zero-order valence-corrected chi connectivity index (χ0v) is 13.0. The molecule has 1 aliphatic rings. The maximum absolute atomic E-state index is 12.8. The first-order valence-electron chi connectivity index (χ1n) is 7.94. The van der Waals surface area contributed by atoms with E-state index in [1.807, 2.05) is 12.1 Å². The van der Waals surface area contributed by atoms with E-state index < -0.39 is 0 Å². The fourth-order valence-corrected chi connectivity index (χ4v) is 2.94. The predicted molar refractivity (Wildman–Crippen MR) is 83.7 cm³/mol. The molecule has 1 fully saturated rings. The summed E-state index contributed by atoms with van der Waals surface area (Å²) in [5, 5.41) is 2.82. The highest BCUT2D eigenvalue weighted by molar-refractivity contribution is 5.91. The van der Waals surface area contributed by atoms with Gasteiger partial charge in [-0.15, -0.1) is 0 Å². The van der Waals surface area contributed by atoms with E-state index in [-0.39, 0.29) is 11.7 Å². The lowest BCUT2D eigenvalue weighted by molar-refractivity contribution is -1.02. The van der Waals surface area contributed by atoms with E-state index in [1.165, 1.54) is 21.9 Å². The third-order valence-corrected chi connectivity index (χ3v) is 4.21. The highest BCUT2D eigenvalue weighted by Gasteiger charge is 2.25. The van der Waals surface area contributed by atoms with Crippen LogP contribution in [0.4, 0.5) is 10.1 Å². The topological polar surface area (TPSA) is 51.1 Å². The van der Waals surface area contributed by atoms with Crippen molar-refractivity contribution in [3.63, 3.8) is 0 Å². The van der Waals surface area contributed by atoms with Crippen LogP contribution < -0.4 is 15.1 Å². The molecule has 122 valence electrons. The summed E-state index contributed by atoms with van der Waals surface area (Å²) in [6.45, 7) is 5.34. The van der Waals surface area contributed by atoms with Crippen molar-refractivity contribution >= 4 is 11.6 Å². The molecule has 5 nitrogen and oxygen atoms in total.